The Labute approximate surface area is 122 Å². The van der Waals surface area contributed by atoms with E-state index in [2.05, 4.69) is 27.6 Å². The van der Waals surface area contributed by atoms with Crippen molar-refractivity contribution in [3.63, 3.8) is 0 Å². The molecule has 1 unspecified atom stereocenters. The summed E-state index contributed by atoms with van der Waals surface area (Å²) in [4.78, 5) is 16.3. The molecule has 108 valence electrons. The molecule has 0 radical (unpaired) electrons. The first kappa shape index (κ1) is 14.5. The molecule has 20 heavy (non-hydrogen) atoms. The largest absolute Gasteiger partial charge is 0.334 e. The van der Waals surface area contributed by atoms with Crippen LogP contribution in [0.25, 0.3) is 0 Å². The molecule has 2 aromatic rings. The van der Waals surface area contributed by atoms with E-state index in [0.717, 1.165) is 22.7 Å². The monoisotopic (exact) mass is 293 g/mol. The summed E-state index contributed by atoms with van der Waals surface area (Å²) in [5.74, 6) is 0. The number of carbonyl (C=O) groups is 1. The van der Waals surface area contributed by atoms with Crippen molar-refractivity contribution in [3.05, 3.63) is 34.0 Å². The molecule has 6 nitrogen and oxygen atoms in total. The molecular weight excluding hydrogens is 274 g/mol. The van der Waals surface area contributed by atoms with Crippen molar-refractivity contribution in [1.29, 1.82) is 0 Å². The minimum atomic E-state index is -0.201. The molecule has 2 amide bonds. The number of hydrogen-bond acceptors (Lipinski definition) is 4. The molecule has 0 aliphatic heterocycles. The number of aryl methyl sites for hydroxylation is 2. The molecule has 1 atom stereocenters. The molecule has 0 saturated carbocycles. The molecule has 0 aromatic carbocycles. The van der Waals surface area contributed by atoms with Crippen molar-refractivity contribution in [2.45, 2.75) is 32.9 Å². The predicted octanol–water partition coefficient (Wildman–Crippen LogP) is 2.00. The summed E-state index contributed by atoms with van der Waals surface area (Å²) in [6.07, 6.45) is 4.53. The first-order valence-corrected chi connectivity index (χ1v) is 7.42. The minimum absolute atomic E-state index is 0.0968. The van der Waals surface area contributed by atoms with Gasteiger partial charge >= 0.3 is 6.03 Å². The maximum Gasteiger partial charge on any atom is 0.315 e. The number of carbonyl (C=O) groups excluding carboxylic acids is 1. The third kappa shape index (κ3) is 3.80. The number of amides is 2. The molecule has 0 aliphatic carbocycles. The fourth-order valence-electron chi connectivity index (χ4n) is 1.75. The second kappa shape index (κ2) is 6.51. The average molecular weight is 293 g/mol. The summed E-state index contributed by atoms with van der Waals surface area (Å²) in [6.45, 7) is 4.46. The van der Waals surface area contributed by atoms with Gasteiger partial charge in [-0.2, -0.15) is 5.10 Å². The minimum Gasteiger partial charge on any atom is -0.334 e. The number of nitrogens with one attached hydrogen (secondary N) is 2. The third-order valence-corrected chi connectivity index (χ3v) is 3.89. The van der Waals surface area contributed by atoms with Crippen LogP contribution in [0.15, 0.2) is 17.8 Å². The summed E-state index contributed by atoms with van der Waals surface area (Å²) in [6, 6.07) is -0.298. The second-order valence-electron chi connectivity index (χ2n) is 4.59. The molecule has 2 heterocycles. The van der Waals surface area contributed by atoms with Gasteiger partial charge in [0, 0.05) is 30.7 Å². The summed E-state index contributed by atoms with van der Waals surface area (Å²) >= 11 is 1.62. The van der Waals surface area contributed by atoms with Crippen LogP contribution < -0.4 is 10.6 Å². The van der Waals surface area contributed by atoms with Crippen LogP contribution in [-0.4, -0.2) is 20.8 Å². The topological polar surface area (TPSA) is 71.8 Å². The van der Waals surface area contributed by atoms with Gasteiger partial charge in [0.2, 0.25) is 0 Å². The van der Waals surface area contributed by atoms with E-state index in [1.807, 2.05) is 25.5 Å². The molecule has 0 saturated heterocycles. The van der Waals surface area contributed by atoms with Gasteiger partial charge in [0.05, 0.1) is 22.9 Å². The molecule has 2 rings (SSSR count). The van der Waals surface area contributed by atoms with Gasteiger partial charge in [-0.15, -0.1) is 11.3 Å². The molecule has 0 fully saturated rings. The first-order chi connectivity index (χ1) is 9.58. The highest BCUT2D eigenvalue weighted by atomic mass is 32.1. The Kier molecular flexibility index (Phi) is 4.73. The average Bonchev–Trinajstić information content (AvgIpc) is 3.05. The highest BCUT2D eigenvalue weighted by Crippen LogP contribution is 2.16. The highest BCUT2D eigenvalue weighted by Gasteiger charge is 2.12. The van der Waals surface area contributed by atoms with Crippen LogP contribution in [0.4, 0.5) is 4.79 Å². The van der Waals surface area contributed by atoms with Crippen molar-refractivity contribution in [2.75, 3.05) is 0 Å². The summed E-state index contributed by atoms with van der Waals surface area (Å²) in [7, 11) is 1.85. The molecule has 0 bridgehead atoms. The fourth-order valence-corrected chi connectivity index (χ4v) is 2.59. The number of aromatic nitrogens is 3. The highest BCUT2D eigenvalue weighted by molar-refractivity contribution is 7.09. The first-order valence-electron chi connectivity index (χ1n) is 6.54. The van der Waals surface area contributed by atoms with Crippen LogP contribution in [0, 0.1) is 0 Å². The number of thiazole rings is 1. The van der Waals surface area contributed by atoms with Gasteiger partial charge in [-0.05, 0) is 13.3 Å². The Morgan fingerprint density at radius 3 is 2.95 bits per heavy atom. The van der Waals surface area contributed by atoms with Gasteiger partial charge in [0.25, 0.3) is 0 Å². The lowest BCUT2D eigenvalue weighted by atomic mass is 10.2. The van der Waals surface area contributed by atoms with Crippen molar-refractivity contribution in [3.8, 4) is 0 Å². The van der Waals surface area contributed by atoms with E-state index < -0.39 is 0 Å². The quantitative estimate of drug-likeness (QED) is 0.885. The molecule has 0 aliphatic rings. The van der Waals surface area contributed by atoms with Crippen molar-refractivity contribution >= 4 is 17.4 Å². The van der Waals surface area contributed by atoms with Gasteiger partial charge in [0.15, 0.2) is 0 Å². The zero-order valence-electron chi connectivity index (χ0n) is 11.9. The number of nitrogens with zero attached hydrogens (tertiary/aromatic N) is 3. The lowest BCUT2D eigenvalue weighted by Gasteiger charge is -2.12. The van der Waals surface area contributed by atoms with E-state index in [0.29, 0.717) is 6.54 Å². The van der Waals surface area contributed by atoms with Crippen LogP contribution >= 0.6 is 11.3 Å². The Hall–Kier alpha value is -1.89. The van der Waals surface area contributed by atoms with E-state index in [9.17, 15) is 4.79 Å². The lowest BCUT2D eigenvalue weighted by molar-refractivity contribution is 0.237. The summed E-state index contributed by atoms with van der Waals surface area (Å²) in [5, 5.41) is 12.8. The smallest absolute Gasteiger partial charge is 0.315 e. The Morgan fingerprint density at radius 1 is 1.55 bits per heavy atom. The number of hydrogen-bond donors (Lipinski definition) is 2. The number of urea groups is 1. The molecule has 2 N–H and O–H groups in total. The maximum atomic E-state index is 11.8. The van der Waals surface area contributed by atoms with Gasteiger partial charge < -0.3 is 10.6 Å². The van der Waals surface area contributed by atoms with Gasteiger partial charge in [-0.1, -0.05) is 6.92 Å². The third-order valence-electron chi connectivity index (χ3n) is 2.87. The van der Waals surface area contributed by atoms with Crippen LogP contribution in [0.1, 0.15) is 36.2 Å². The fraction of sp³-hybridized carbons (Fsp3) is 0.462. The van der Waals surface area contributed by atoms with E-state index in [-0.39, 0.29) is 12.1 Å². The Bertz CT molecular complexity index is 577. The zero-order valence-corrected chi connectivity index (χ0v) is 12.7. The summed E-state index contributed by atoms with van der Waals surface area (Å²) < 4.78 is 1.71. The number of rotatable bonds is 5. The lowest BCUT2D eigenvalue weighted by Crippen LogP contribution is -2.36. The zero-order chi connectivity index (χ0) is 14.5. The van der Waals surface area contributed by atoms with Crippen LogP contribution in [-0.2, 0) is 20.0 Å². The van der Waals surface area contributed by atoms with Crippen LogP contribution in [0.2, 0.25) is 0 Å². The maximum absolute atomic E-state index is 11.8. The van der Waals surface area contributed by atoms with E-state index in [1.54, 1.807) is 22.2 Å². The van der Waals surface area contributed by atoms with E-state index in [1.165, 1.54) is 0 Å². The standard InChI is InChI=1S/C13H19N5OS/c1-4-12-17-11(8-20-12)9(2)16-13(19)14-5-10-6-15-18(3)7-10/h6-9H,4-5H2,1-3H3,(H2,14,16,19). The van der Waals surface area contributed by atoms with Gasteiger partial charge in [0.1, 0.15) is 0 Å². The molecule has 2 aromatic heterocycles. The normalized spacial score (nSPS) is 12.2. The van der Waals surface area contributed by atoms with E-state index in [4.69, 9.17) is 0 Å². The second-order valence-corrected chi connectivity index (χ2v) is 5.53. The van der Waals surface area contributed by atoms with Crippen LogP contribution in [0.3, 0.4) is 0 Å². The SMILES string of the molecule is CCc1nc(C(C)NC(=O)NCc2cnn(C)c2)cs1. The molecular formula is C13H19N5OS. The van der Waals surface area contributed by atoms with Crippen molar-refractivity contribution in [2.24, 2.45) is 7.05 Å². The van der Waals surface area contributed by atoms with E-state index >= 15 is 0 Å². The Morgan fingerprint density at radius 2 is 2.35 bits per heavy atom. The van der Waals surface area contributed by atoms with Gasteiger partial charge in [-0.25, -0.2) is 9.78 Å². The molecule has 7 heteroatoms. The van der Waals surface area contributed by atoms with Crippen LogP contribution in [0.5, 0.6) is 0 Å². The van der Waals surface area contributed by atoms with Gasteiger partial charge in [-0.3, -0.25) is 4.68 Å². The molecule has 0 spiro atoms. The van der Waals surface area contributed by atoms with Crippen molar-refractivity contribution < 1.29 is 4.79 Å². The van der Waals surface area contributed by atoms with Crippen molar-refractivity contribution in [1.82, 2.24) is 25.4 Å². The Balaban J connectivity index is 1.81. The predicted molar refractivity (Wildman–Crippen MR) is 78.5 cm³/mol. The summed E-state index contributed by atoms with van der Waals surface area (Å²) in [5.41, 5.74) is 1.88.